The van der Waals surface area contributed by atoms with E-state index in [0.29, 0.717) is 0 Å². The number of rotatable bonds is 5. The maximum atomic E-state index is 9.72. The van der Waals surface area contributed by atoms with Gasteiger partial charge in [-0.2, -0.15) is 0 Å². The Hall–Kier alpha value is -5.86. The molecule has 2 aromatic heterocycles. The number of aromatic nitrogens is 2. The summed E-state index contributed by atoms with van der Waals surface area (Å²) in [5.74, 6) is 0. The molecule has 0 fully saturated rings. The molecule has 2 nitrogen and oxygen atoms in total. The molecule has 0 spiro atoms. The summed E-state index contributed by atoms with van der Waals surface area (Å²) in [6.07, 6.45) is 0. The first kappa shape index (κ1) is 10.1. The van der Waals surface area contributed by atoms with E-state index in [-0.39, 0.29) is 0 Å². The van der Waals surface area contributed by atoms with E-state index < -0.39 is 253 Å². The predicted octanol–water partition coefficient (Wildman–Crippen LogP) is 11.3. The fourth-order valence-electron chi connectivity index (χ4n) is 5.41. The van der Waals surface area contributed by atoms with Crippen molar-refractivity contribution in [2.45, 2.75) is 6.54 Å². The summed E-state index contributed by atoms with van der Waals surface area (Å²) < 4.78 is 250. The summed E-state index contributed by atoms with van der Waals surface area (Å²) in [4.78, 5) is 0. The zero-order valence-electron chi connectivity index (χ0n) is 50.6. The second-order valence-electron chi connectivity index (χ2n) is 9.64. The summed E-state index contributed by atoms with van der Waals surface area (Å²) in [5, 5.41) is -1.90. The van der Waals surface area contributed by atoms with E-state index in [1.165, 1.54) is 0 Å². The number of fused-ring (bicyclic) bond motifs is 7. The van der Waals surface area contributed by atoms with Crippen LogP contribution in [0.3, 0.4) is 0 Å². The Kier molecular flexibility index (Phi) is 2.33. The Balaban J connectivity index is 1.54. The minimum absolute atomic E-state index is 0.428. The zero-order valence-corrected chi connectivity index (χ0v) is 22.6. The van der Waals surface area contributed by atoms with E-state index in [2.05, 4.69) is 0 Å². The van der Waals surface area contributed by atoms with Crippen LogP contribution in [0.4, 0.5) is 0 Å². The van der Waals surface area contributed by atoms with E-state index in [9.17, 15) is 11.0 Å². The summed E-state index contributed by atoms with van der Waals surface area (Å²) in [7, 11) is 0. The normalized spacial score (nSPS) is 20.4. The summed E-state index contributed by atoms with van der Waals surface area (Å²) in [6, 6.07) is -25.0. The van der Waals surface area contributed by atoms with E-state index in [4.69, 9.17) is 27.4 Å². The van der Waals surface area contributed by atoms with Crippen LogP contribution in [0, 0.1) is 0 Å². The molecule has 0 atom stereocenters. The third-order valence-corrected chi connectivity index (χ3v) is 7.26. The number of benzene rings is 7. The molecule has 0 amide bonds. The van der Waals surface area contributed by atoms with Gasteiger partial charge in [0.15, 0.2) is 0 Å². The average Bonchev–Trinajstić information content (AvgIpc) is 3.89. The van der Waals surface area contributed by atoms with Crippen LogP contribution in [-0.2, 0) is 6.54 Å². The Morgan fingerprint density at radius 2 is 0.933 bits per heavy atom. The van der Waals surface area contributed by atoms with Crippen molar-refractivity contribution in [2.24, 2.45) is 0 Å². The fourth-order valence-corrected chi connectivity index (χ4v) is 5.41. The van der Waals surface area contributed by atoms with Crippen molar-refractivity contribution in [1.29, 1.82) is 0 Å². The smallest absolute Gasteiger partial charge is 0.0646 e. The lowest BCUT2D eigenvalue weighted by molar-refractivity contribution is 0.871. The predicted molar refractivity (Wildman–Crippen MR) is 190 cm³/mol. The molecule has 9 aromatic rings. The summed E-state index contributed by atoms with van der Waals surface area (Å²) in [5.41, 5.74) is -6.38. The molecule has 0 aliphatic rings. The highest BCUT2D eigenvalue weighted by Gasteiger charge is 2.20. The van der Waals surface area contributed by atoms with E-state index in [1.54, 1.807) is 0 Å². The first-order valence-electron chi connectivity index (χ1n) is 27.3. The van der Waals surface area contributed by atoms with Gasteiger partial charge in [-0.3, -0.25) is 0 Å². The number of nitrogens with zero attached hydrogens (tertiary/aromatic N) is 2. The van der Waals surface area contributed by atoms with Crippen molar-refractivity contribution in [1.82, 2.24) is 9.13 Å². The molecule has 0 saturated carbocycles. The first-order valence-corrected chi connectivity index (χ1v) is 13.3. The Morgan fingerprint density at radius 1 is 0.400 bits per heavy atom. The summed E-state index contributed by atoms with van der Waals surface area (Å²) in [6.45, 7) is -0.944. The third kappa shape index (κ3) is 4.11. The van der Waals surface area contributed by atoms with E-state index in [0.717, 1.165) is 9.13 Å². The van der Waals surface area contributed by atoms with Crippen molar-refractivity contribution >= 4 is 43.6 Å². The van der Waals surface area contributed by atoms with Gasteiger partial charge in [0, 0.05) is 39.3 Å². The lowest BCUT2D eigenvalue weighted by atomic mass is 9.99. The van der Waals surface area contributed by atoms with Gasteiger partial charge < -0.3 is 9.13 Å². The van der Waals surface area contributed by atoms with Crippen LogP contribution in [0.15, 0.2) is 169 Å². The van der Waals surface area contributed by atoms with Crippen molar-refractivity contribution in [3.63, 3.8) is 0 Å². The number of para-hydroxylation sites is 2. The monoisotopic (exact) mass is 602 g/mol. The van der Waals surface area contributed by atoms with Crippen molar-refractivity contribution in [3.05, 3.63) is 175 Å². The van der Waals surface area contributed by atoms with Crippen LogP contribution in [-0.4, -0.2) is 9.13 Å². The molecule has 0 radical (unpaired) electrons. The lowest BCUT2D eigenvalue weighted by Crippen LogP contribution is -2.01. The largest absolute Gasteiger partial charge is 0.336 e. The second-order valence-corrected chi connectivity index (χ2v) is 9.64. The Labute approximate surface area is 301 Å². The van der Waals surface area contributed by atoms with Gasteiger partial charge in [0.2, 0.25) is 0 Å². The molecule has 0 N–H and O–H groups in total. The van der Waals surface area contributed by atoms with Gasteiger partial charge in [-0.1, -0.05) is 133 Å². The van der Waals surface area contributed by atoms with Gasteiger partial charge >= 0.3 is 0 Å². The second kappa shape index (κ2) is 10.4. The third-order valence-electron chi connectivity index (χ3n) is 7.26. The van der Waals surface area contributed by atoms with Crippen LogP contribution in [0.25, 0.3) is 71.6 Å². The van der Waals surface area contributed by atoms with Crippen LogP contribution < -0.4 is 0 Å². The lowest BCUT2D eigenvalue weighted by Gasteiger charge is -2.13. The van der Waals surface area contributed by atoms with Gasteiger partial charge in [-0.05, 0) is 64.1 Å². The van der Waals surface area contributed by atoms with Crippen LogP contribution in [0.5, 0.6) is 0 Å². The van der Waals surface area contributed by atoms with Gasteiger partial charge in [0.05, 0.1) is 54.9 Å². The number of hydrogen-bond donors (Lipinski definition) is 0. The molecule has 0 bridgehead atoms. The zero-order chi connectivity index (χ0) is 54.1. The van der Waals surface area contributed by atoms with Crippen LogP contribution in [0.1, 0.15) is 43.9 Å². The highest BCUT2D eigenvalue weighted by atomic mass is 15.0. The van der Waals surface area contributed by atoms with Gasteiger partial charge in [0.25, 0.3) is 0 Å². The molecule has 0 saturated heterocycles. The summed E-state index contributed by atoms with van der Waals surface area (Å²) >= 11 is 0. The molecule has 212 valence electrons. The quantitative estimate of drug-likeness (QED) is 0.185. The maximum absolute atomic E-state index is 9.72. The molecular formula is C43H30N2. The van der Waals surface area contributed by atoms with E-state index in [1.807, 2.05) is 0 Å². The average molecular weight is 603 g/mol. The standard InChI is InChI=1S/C43H30N2/c1-3-13-30(14-4-1)31-23-25-34(26-24-31)45-39-22-12-10-20-37(39)43-41(45)28-27-40-42(43)36-19-9-11-21-38(36)44(40)29-33-17-7-8-18-35(33)32-15-5-2-6-16-32/h1-28H,29H2/i1D,2D,3D,4D,5D,6D,7D,8D,9D,10D,11D,12D,13D,14D,15D,16D,17D,18D,19D,20D,21D,22D,23D,24D,25D,26D,27D,28D. The molecule has 2 heteroatoms. The molecule has 7 aromatic carbocycles. The Bertz CT molecular complexity index is 4010. The Morgan fingerprint density at radius 3 is 1.69 bits per heavy atom. The molecular weight excluding hydrogens is 544 g/mol. The van der Waals surface area contributed by atoms with Crippen molar-refractivity contribution < 1.29 is 38.4 Å². The van der Waals surface area contributed by atoms with Gasteiger partial charge in [-0.15, -0.1) is 0 Å². The van der Waals surface area contributed by atoms with Gasteiger partial charge in [0.1, 0.15) is 0 Å². The topological polar surface area (TPSA) is 9.86 Å². The number of hydrogen-bond acceptors (Lipinski definition) is 0. The van der Waals surface area contributed by atoms with Crippen molar-refractivity contribution in [3.8, 4) is 27.9 Å². The van der Waals surface area contributed by atoms with Gasteiger partial charge in [-0.25, -0.2) is 0 Å². The minimum Gasteiger partial charge on any atom is -0.336 e. The fraction of sp³-hybridized carbons (Fsp3) is 0.0233. The molecule has 0 aliphatic heterocycles. The minimum atomic E-state index is -1.03. The molecule has 2 heterocycles. The molecule has 0 aliphatic carbocycles. The van der Waals surface area contributed by atoms with Crippen LogP contribution in [0.2, 0.25) is 0 Å². The molecule has 0 unspecified atom stereocenters. The highest BCUT2D eigenvalue weighted by molar-refractivity contribution is 6.28. The van der Waals surface area contributed by atoms with Crippen LogP contribution >= 0.6 is 0 Å². The first-order chi connectivity index (χ1) is 34.0. The SMILES string of the molecule is [2H]c1c([2H])c([2H])c(-c2c([2H])c([2H])c(-n3c4c([2H])c([2H])c([2H])c([2H])c4c4c5c6c([2H])c([2H])c([2H])c([2H])c6n(Cc6c([2H])c([2H])c([2H])c([2H])c6-c6c([2H])c([2H])c([2H])c([2H])c6[2H])c5c([2H])c([2H])c43)c([2H])c2[2H])c([2H])c1[2H]. The molecule has 9 rings (SSSR count). The van der Waals surface area contributed by atoms with E-state index >= 15 is 0 Å². The highest BCUT2D eigenvalue weighted by Crippen LogP contribution is 2.42. The molecule has 45 heavy (non-hydrogen) atoms. The maximum Gasteiger partial charge on any atom is 0.0646 e. The van der Waals surface area contributed by atoms with Crippen molar-refractivity contribution in [2.75, 3.05) is 0 Å².